The molecule has 0 radical (unpaired) electrons. The van der Waals surface area contributed by atoms with Crippen LogP contribution in [0.25, 0.3) is 0 Å². The molecule has 0 aliphatic carbocycles. The lowest BCUT2D eigenvalue weighted by molar-refractivity contribution is -0.137. The van der Waals surface area contributed by atoms with Crippen LogP contribution in [-0.2, 0) is 10.9 Å². The van der Waals surface area contributed by atoms with Gasteiger partial charge in [-0.3, -0.25) is 0 Å². The van der Waals surface area contributed by atoms with Gasteiger partial charge in [-0.15, -0.1) is 0 Å². The predicted molar refractivity (Wildman–Crippen MR) is 63.3 cm³/mol. The van der Waals surface area contributed by atoms with E-state index in [1.807, 2.05) is 0 Å². The van der Waals surface area contributed by atoms with Crippen LogP contribution in [0.5, 0.6) is 5.88 Å². The Hall–Kier alpha value is -1.01. The van der Waals surface area contributed by atoms with E-state index in [1.165, 1.54) is 0 Å². The van der Waals surface area contributed by atoms with E-state index in [2.05, 4.69) is 4.98 Å². The number of alkyl halides is 3. The molecular weight excluding hydrogens is 283 g/mol. The smallest absolute Gasteiger partial charge is 0.416 e. The van der Waals surface area contributed by atoms with E-state index in [-0.39, 0.29) is 23.7 Å². The molecule has 3 nitrogen and oxygen atoms in total. The first kappa shape index (κ1) is 14.4. The Kier molecular flexibility index (Phi) is 4.52. The van der Waals surface area contributed by atoms with Crippen molar-refractivity contribution in [1.29, 1.82) is 0 Å². The molecule has 1 fully saturated rings. The number of rotatable bonds is 3. The number of pyridine rings is 1. The van der Waals surface area contributed by atoms with Crippen LogP contribution in [-0.4, -0.2) is 24.3 Å². The van der Waals surface area contributed by atoms with Gasteiger partial charge in [-0.25, -0.2) is 4.98 Å². The Labute approximate surface area is 113 Å². The molecule has 0 spiro atoms. The first-order chi connectivity index (χ1) is 8.95. The van der Waals surface area contributed by atoms with Gasteiger partial charge in [0.1, 0.15) is 11.8 Å². The van der Waals surface area contributed by atoms with Gasteiger partial charge in [-0.1, -0.05) is 11.6 Å². The maximum Gasteiger partial charge on any atom is 0.416 e. The van der Waals surface area contributed by atoms with Crippen LogP contribution in [0.3, 0.4) is 0 Å². The van der Waals surface area contributed by atoms with Gasteiger partial charge in [0.05, 0.1) is 11.7 Å². The minimum atomic E-state index is -4.47. The van der Waals surface area contributed by atoms with Crippen molar-refractivity contribution >= 4 is 11.6 Å². The highest BCUT2D eigenvalue weighted by molar-refractivity contribution is 6.29. The standard InChI is InChI=1S/C12H13ClF3NO2/c13-10-5-8(12(14,15)16)6-11(17-10)19-7-9-3-1-2-4-18-9/h5-6,9H,1-4,7H2. The fourth-order valence-electron chi connectivity index (χ4n) is 1.83. The molecule has 106 valence electrons. The second-order valence-corrected chi connectivity index (χ2v) is 4.70. The minimum Gasteiger partial charge on any atom is -0.475 e. The van der Waals surface area contributed by atoms with E-state index >= 15 is 0 Å². The summed E-state index contributed by atoms with van der Waals surface area (Å²) in [4.78, 5) is 3.72. The molecule has 1 aromatic rings. The predicted octanol–water partition coefficient (Wildman–Crippen LogP) is 3.70. The molecule has 0 amide bonds. The van der Waals surface area contributed by atoms with Crippen LogP contribution < -0.4 is 4.74 Å². The second kappa shape index (κ2) is 5.96. The summed E-state index contributed by atoms with van der Waals surface area (Å²) in [5, 5.41) is -0.241. The molecule has 19 heavy (non-hydrogen) atoms. The third-order valence-corrected chi connectivity index (χ3v) is 2.98. The monoisotopic (exact) mass is 295 g/mol. The summed E-state index contributed by atoms with van der Waals surface area (Å²) >= 11 is 5.56. The van der Waals surface area contributed by atoms with E-state index in [1.54, 1.807) is 0 Å². The van der Waals surface area contributed by atoms with Gasteiger partial charge in [0, 0.05) is 12.7 Å². The fraction of sp³-hybridized carbons (Fsp3) is 0.583. The summed E-state index contributed by atoms with van der Waals surface area (Å²) in [6, 6.07) is 1.61. The number of aromatic nitrogens is 1. The first-order valence-corrected chi connectivity index (χ1v) is 6.32. The second-order valence-electron chi connectivity index (χ2n) is 4.31. The van der Waals surface area contributed by atoms with E-state index in [9.17, 15) is 13.2 Å². The molecule has 0 aromatic carbocycles. The average molecular weight is 296 g/mol. The summed E-state index contributed by atoms with van der Waals surface area (Å²) in [6.07, 6.45) is -1.68. The molecule has 1 saturated heterocycles. The van der Waals surface area contributed by atoms with Gasteiger partial charge in [0.25, 0.3) is 0 Å². The molecule has 1 aromatic heterocycles. The highest BCUT2D eigenvalue weighted by Gasteiger charge is 2.32. The van der Waals surface area contributed by atoms with Gasteiger partial charge in [-0.05, 0) is 25.3 Å². The molecular formula is C12H13ClF3NO2. The lowest BCUT2D eigenvalue weighted by Crippen LogP contribution is -2.26. The van der Waals surface area contributed by atoms with Crippen LogP contribution >= 0.6 is 11.6 Å². The van der Waals surface area contributed by atoms with Crippen molar-refractivity contribution in [3.8, 4) is 5.88 Å². The molecule has 2 heterocycles. The highest BCUT2D eigenvalue weighted by Crippen LogP contribution is 2.32. The van der Waals surface area contributed by atoms with Crippen molar-refractivity contribution in [2.24, 2.45) is 0 Å². The fourth-order valence-corrected chi connectivity index (χ4v) is 2.03. The van der Waals surface area contributed by atoms with Crippen molar-refractivity contribution < 1.29 is 22.6 Å². The largest absolute Gasteiger partial charge is 0.475 e. The zero-order valence-corrected chi connectivity index (χ0v) is 10.8. The number of ether oxygens (including phenoxy) is 2. The summed E-state index contributed by atoms with van der Waals surface area (Å²) in [5.41, 5.74) is -0.868. The number of halogens is 4. The summed E-state index contributed by atoms with van der Waals surface area (Å²) in [7, 11) is 0. The minimum absolute atomic E-state index is 0.0936. The highest BCUT2D eigenvalue weighted by atomic mass is 35.5. The maximum atomic E-state index is 12.6. The third kappa shape index (κ3) is 4.24. The van der Waals surface area contributed by atoms with E-state index in [0.717, 1.165) is 31.4 Å². The van der Waals surface area contributed by atoms with E-state index < -0.39 is 11.7 Å². The number of nitrogens with zero attached hydrogens (tertiary/aromatic N) is 1. The molecule has 1 aliphatic rings. The van der Waals surface area contributed by atoms with Gasteiger partial charge < -0.3 is 9.47 Å². The average Bonchev–Trinajstić information content (AvgIpc) is 2.36. The summed E-state index contributed by atoms with van der Waals surface area (Å²) in [5.74, 6) is -0.131. The number of hydrogen-bond acceptors (Lipinski definition) is 3. The van der Waals surface area contributed by atoms with E-state index in [0.29, 0.717) is 6.61 Å². The van der Waals surface area contributed by atoms with Gasteiger partial charge in [0.2, 0.25) is 5.88 Å². The lowest BCUT2D eigenvalue weighted by Gasteiger charge is -2.22. The van der Waals surface area contributed by atoms with Crippen molar-refractivity contribution in [3.05, 3.63) is 22.8 Å². The lowest BCUT2D eigenvalue weighted by atomic mass is 10.1. The SMILES string of the molecule is FC(F)(F)c1cc(Cl)nc(OCC2CCCCO2)c1. The van der Waals surface area contributed by atoms with Gasteiger partial charge in [-0.2, -0.15) is 13.2 Å². The van der Waals surface area contributed by atoms with Crippen molar-refractivity contribution in [3.63, 3.8) is 0 Å². The molecule has 2 rings (SSSR count). The topological polar surface area (TPSA) is 31.4 Å². The van der Waals surface area contributed by atoms with Crippen LogP contribution in [0.15, 0.2) is 12.1 Å². The molecule has 0 bridgehead atoms. The third-order valence-electron chi connectivity index (χ3n) is 2.79. The van der Waals surface area contributed by atoms with Gasteiger partial charge >= 0.3 is 6.18 Å². The summed E-state index contributed by atoms with van der Waals surface area (Å²) < 4.78 is 48.4. The first-order valence-electron chi connectivity index (χ1n) is 5.94. The summed E-state index contributed by atoms with van der Waals surface area (Å²) in [6.45, 7) is 0.843. The molecule has 0 N–H and O–H groups in total. The Balaban J connectivity index is 2.01. The zero-order chi connectivity index (χ0) is 13.9. The number of hydrogen-bond donors (Lipinski definition) is 0. The normalized spacial score (nSPS) is 20.3. The van der Waals surface area contributed by atoms with Crippen LogP contribution in [0.1, 0.15) is 24.8 Å². The van der Waals surface area contributed by atoms with E-state index in [4.69, 9.17) is 21.1 Å². The zero-order valence-electron chi connectivity index (χ0n) is 10.0. The molecule has 1 atom stereocenters. The van der Waals surface area contributed by atoms with Crippen LogP contribution in [0.4, 0.5) is 13.2 Å². The van der Waals surface area contributed by atoms with Crippen LogP contribution in [0, 0.1) is 0 Å². The van der Waals surface area contributed by atoms with Gasteiger partial charge in [0.15, 0.2) is 0 Å². The van der Waals surface area contributed by atoms with Crippen LogP contribution in [0.2, 0.25) is 5.15 Å². The Bertz CT molecular complexity index is 433. The van der Waals surface area contributed by atoms with Crippen molar-refractivity contribution in [1.82, 2.24) is 4.98 Å². The Morgan fingerprint density at radius 1 is 1.37 bits per heavy atom. The van der Waals surface area contributed by atoms with Crippen molar-refractivity contribution in [2.45, 2.75) is 31.5 Å². The molecule has 1 unspecified atom stereocenters. The molecule has 0 saturated carbocycles. The molecule has 1 aliphatic heterocycles. The quantitative estimate of drug-likeness (QED) is 0.797. The maximum absolute atomic E-state index is 12.6. The Morgan fingerprint density at radius 3 is 2.79 bits per heavy atom. The van der Waals surface area contributed by atoms with Crippen molar-refractivity contribution in [2.75, 3.05) is 13.2 Å². The Morgan fingerprint density at radius 2 is 2.16 bits per heavy atom. The molecule has 7 heteroatoms.